The van der Waals surface area contributed by atoms with Crippen molar-refractivity contribution >= 4 is 21.9 Å². The van der Waals surface area contributed by atoms with E-state index >= 15 is 0 Å². The molecule has 0 atom stereocenters. The number of carboxylic acid groups (broad SMARTS) is 1. The summed E-state index contributed by atoms with van der Waals surface area (Å²) in [6.07, 6.45) is 1.17. The van der Waals surface area contributed by atoms with Gasteiger partial charge in [-0.25, -0.2) is 14.2 Å². The van der Waals surface area contributed by atoms with Gasteiger partial charge in [0.15, 0.2) is 17.3 Å². The number of carboxylic acids is 1. The van der Waals surface area contributed by atoms with Gasteiger partial charge in [-0.3, -0.25) is 0 Å². The molecule has 0 fully saturated rings. The first-order valence-electron chi connectivity index (χ1n) is 3.19. The topological polar surface area (TPSA) is 59.4 Å². The summed E-state index contributed by atoms with van der Waals surface area (Å²) in [6, 6.07) is 0. The molecule has 1 N–H and O–H groups in total. The number of carbonyl (C=O) groups is 1. The number of nitrogens with zero attached hydrogens (tertiary/aromatic N) is 1. The fraction of sp³-hybridized carbons (Fsp3) is 0.143. The lowest BCUT2D eigenvalue weighted by Gasteiger charge is -2.05. The van der Waals surface area contributed by atoms with Crippen molar-refractivity contribution in [2.75, 3.05) is 7.11 Å². The van der Waals surface area contributed by atoms with Gasteiger partial charge in [0.1, 0.15) is 0 Å². The van der Waals surface area contributed by atoms with Crippen LogP contribution in [0.15, 0.2) is 10.7 Å². The number of pyridine rings is 1. The third-order valence-corrected chi connectivity index (χ3v) is 1.90. The van der Waals surface area contributed by atoms with E-state index in [4.69, 9.17) is 5.11 Å². The Bertz CT molecular complexity index is 356. The number of halogens is 2. The fourth-order valence-corrected chi connectivity index (χ4v) is 1.22. The molecule has 0 saturated carbocycles. The summed E-state index contributed by atoms with van der Waals surface area (Å²) in [4.78, 5) is 13.8. The van der Waals surface area contributed by atoms with Crippen molar-refractivity contribution in [3.05, 3.63) is 22.2 Å². The van der Waals surface area contributed by atoms with Gasteiger partial charge in [-0.2, -0.15) is 0 Å². The number of aromatic nitrogens is 1. The quantitative estimate of drug-likeness (QED) is 0.867. The molecule has 0 aliphatic carbocycles. The van der Waals surface area contributed by atoms with Gasteiger partial charge in [0, 0.05) is 6.20 Å². The molecule has 0 aliphatic heterocycles. The van der Waals surface area contributed by atoms with Gasteiger partial charge in [-0.1, -0.05) is 0 Å². The number of ether oxygens (including phenoxy) is 1. The zero-order valence-electron chi connectivity index (χ0n) is 6.54. The number of hydrogen-bond acceptors (Lipinski definition) is 3. The molecular weight excluding hydrogens is 245 g/mol. The second-order valence-electron chi connectivity index (χ2n) is 2.11. The van der Waals surface area contributed by atoms with E-state index < -0.39 is 17.5 Å². The SMILES string of the molecule is COc1c(Br)cnc(C(=O)O)c1F. The van der Waals surface area contributed by atoms with E-state index in [9.17, 15) is 9.18 Å². The molecule has 6 heteroatoms. The van der Waals surface area contributed by atoms with Crippen LogP contribution in [0.2, 0.25) is 0 Å². The van der Waals surface area contributed by atoms with E-state index in [0.29, 0.717) is 0 Å². The lowest BCUT2D eigenvalue weighted by Crippen LogP contribution is -2.06. The number of hydrogen-bond donors (Lipinski definition) is 1. The van der Waals surface area contributed by atoms with Gasteiger partial charge < -0.3 is 9.84 Å². The highest BCUT2D eigenvalue weighted by atomic mass is 79.9. The molecule has 0 bridgehead atoms. The highest BCUT2D eigenvalue weighted by Gasteiger charge is 2.18. The fourth-order valence-electron chi connectivity index (χ4n) is 0.785. The molecule has 1 aromatic rings. The predicted molar refractivity (Wildman–Crippen MR) is 45.4 cm³/mol. The lowest BCUT2D eigenvalue weighted by molar-refractivity contribution is 0.0684. The first-order chi connectivity index (χ1) is 6.07. The summed E-state index contributed by atoms with van der Waals surface area (Å²) in [5.41, 5.74) is -0.653. The van der Waals surface area contributed by atoms with Crippen LogP contribution in [0.5, 0.6) is 5.75 Å². The van der Waals surface area contributed by atoms with E-state index in [-0.39, 0.29) is 10.2 Å². The van der Waals surface area contributed by atoms with Crippen LogP contribution in [0, 0.1) is 5.82 Å². The molecule has 0 saturated heterocycles. The van der Waals surface area contributed by atoms with E-state index in [2.05, 4.69) is 25.7 Å². The van der Waals surface area contributed by atoms with Gasteiger partial charge >= 0.3 is 5.97 Å². The highest BCUT2D eigenvalue weighted by molar-refractivity contribution is 9.10. The smallest absolute Gasteiger partial charge is 0.357 e. The van der Waals surface area contributed by atoms with E-state index in [1.54, 1.807) is 0 Å². The van der Waals surface area contributed by atoms with E-state index in [1.807, 2.05) is 0 Å². The van der Waals surface area contributed by atoms with Gasteiger partial charge in [-0.15, -0.1) is 0 Å². The van der Waals surface area contributed by atoms with Gasteiger partial charge in [-0.05, 0) is 15.9 Å². The zero-order valence-corrected chi connectivity index (χ0v) is 8.13. The summed E-state index contributed by atoms with van der Waals surface area (Å²) in [5.74, 6) is -2.57. The van der Waals surface area contributed by atoms with Crippen LogP contribution in [0.4, 0.5) is 4.39 Å². The Morgan fingerprint density at radius 1 is 1.77 bits per heavy atom. The third kappa shape index (κ3) is 1.77. The molecule has 1 aromatic heterocycles. The van der Waals surface area contributed by atoms with Crippen LogP contribution in [0.25, 0.3) is 0 Å². The molecule has 0 amide bonds. The summed E-state index contributed by atoms with van der Waals surface area (Å²) < 4.78 is 18.1. The predicted octanol–water partition coefficient (Wildman–Crippen LogP) is 1.69. The Hall–Kier alpha value is -1.17. The molecule has 70 valence electrons. The number of methoxy groups -OCH3 is 1. The van der Waals surface area contributed by atoms with Gasteiger partial charge in [0.05, 0.1) is 11.6 Å². The van der Waals surface area contributed by atoms with Crippen molar-refractivity contribution in [3.8, 4) is 5.75 Å². The van der Waals surface area contributed by atoms with Crippen LogP contribution in [-0.2, 0) is 0 Å². The second kappa shape index (κ2) is 3.69. The zero-order chi connectivity index (χ0) is 10.0. The minimum atomic E-state index is -1.43. The molecule has 0 aliphatic rings. The standard InChI is InChI=1S/C7H5BrFNO3/c1-13-6-3(8)2-10-5(4(6)9)7(11)12/h2H,1H3,(H,11,12). The van der Waals surface area contributed by atoms with Crippen LogP contribution in [0.3, 0.4) is 0 Å². The average molecular weight is 250 g/mol. The molecule has 13 heavy (non-hydrogen) atoms. The minimum absolute atomic E-state index is 0.160. The van der Waals surface area contributed by atoms with Crippen LogP contribution < -0.4 is 4.74 Å². The van der Waals surface area contributed by atoms with Crippen molar-refractivity contribution in [2.45, 2.75) is 0 Å². The third-order valence-electron chi connectivity index (χ3n) is 1.34. The highest BCUT2D eigenvalue weighted by Crippen LogP contribution is 2.28. The molecular formula is C7H5BrFNO3. The van der Waals surface area contributed by atoms with E-state index in [1.165, 1.54) is 13.3 Å². The van der Waals surface area contributed by atoms with Crippen molar-refractivity contribution < 1.29 is 19.0 Å². The molecule has 0 unspecified atom stereocenters. The Morgan fingerprint density at radius 2 is 2.38 bits per heavy atom. The molecule has 0 radical (unpaired) electrons. The second-order valence-corrected chi connectivity index (χ2v) is 2.96. The normalized spacial score (nSPS) is 9.77. The molecule has 4 nitrogen and oxygen atoms in total. The van der Waals surface area contributed by atoms with Crippen molar-refractivity contribution in [1.29, 1.82) is 0 Å². The molecule has 0 aromatic carbocycles. The average Bonchev–Trinajstić information content (AvgIpc) is 2.04. The van der Waals surface area contributed by atoms with Gasteiger partial charge in [0.25, 0.3) is 0 Å². The lowest BCUT2D eigenvalue weighted by atomic mass is 10.3. The van der Waals surface area contributed by atoms with Crippen molar-refractivity contribution in [2.24, 2.45) is 0 Å². The number of rotatable bonds is 2. The molecule has 1 rings (SSSR count). The Morgan fingerprint density at radius 3 is 2.85 bits per heavy atom. The van der Waals surface area contributed by atoms with Crippen molar-refractivity contribution in [3.63, 3.8) is 0 Å². The largest absolute Gasteiger partial charge is 0.492 e. The summed E-state index contributed by atoms with van der Waals surface area (Å²) in [7, 11) is 1.24. The Labute approximate surface area is 81.5 Å². The Balaban J connectivity index is 3.35. The van der Waals surface area contributed by atoms with Gasteiger partial charge in [0.2, 0.25) is 0 Å². The Kier molecular flexibility index (Phi) is 2.82. The van der Waals surface area contributed by atoms with Crippen LogP contribution >= 0.6 is 15.9 Å². The first-order valence-corrected chi connectivity index (χ1v) is 3.98. The summed E-state index contributed by atoms with van der Waals surface area (Å²) in [5, 5.41) is 8.50. The maximum atomic E-state index is 13.2. The maximum absolute atomic E-state index is 13.2. The van der Waals surface area contributed by atoms with Crippen LogP contribution in [0.1, 0.15) is 10.5 Å². The van der Waals surface area contributed by atoms with E-state index in [0.717, 1.165) is 0 Å². The monoisotopic (exact) mass is 249 g/mol. The number of aromatic carboxylic acids is 1. The summed E-state index contributed by atoms with van der Waals surface area (Å²) in [6.45, 7) is 0. The van der Waals surface area contributed by atoms with Crippen molar-refractivity contribution in [1.82, 2.24) is 4.98 Å². The molecule has 1 heterocycles. The maximum Gasteiger partial charge on any atom is 0.357 e. The molecule has 0 spiro atoms. The van der Waals surface area contributed by atoms with Crippen LogP contribution in [-0.4, -0.2) is 23.2 Å². The summed E-state index contributed by atoms with van der Waals surface area (Å²) >= 11 is 2.97. The minimum Gasteiger partial charge on any atom is -0.492 e. The first kappa shape index (κ1) is 9.91.